The summed E-state index contributed by atoms with van der Waals surface area (Å²) in [7, 11) is 0. The van der Waals surface area contributed by atoms with E-state index in [0.717, 1.165) is 11.5 Å². The highest BCUT2D eigenvalue weighted by Crippen LogP contribution is 2.08. The molecule has 0 spiro atoms. The van der Waals surface area contributed by atoms with E-state index >= 15 is 0 Å². The number of allylic oxidation sites excluding steroid dienone is 1. The Morgan fingerprint density at radius 2 is 2.42 bits per heavy atom. The minimum Gasteiger partial charge on any atom is -0.466 e. The van der Waals surface area contributed by atoms with E-state index in [4.69, 9.17) is 4.42 Å². The maximum absolute atomic E-state index is 10.8. The number of ketones is 1. The van der Waals surface area contributed by atoms with Crippen molar-refractivity contribution < 1.29 is 9.21 Å². The van der Waals surface area contributed by atoms with Gasteiger partial charge in [-0.15, -0.1) is 0 Å². The second-order valence-electron chi connectivity index (χ2n) is 2.68. The highest BCUT2D eigenvalue weighted by molar-refractivity contribution is 5.89. The van der Waals surface area contributed by atoms with Crippen LogP contribution in [0.5, 0.6) is 0 Å². The Bertz CT molecular complexity index is 284. The maximum Gasteiger partial charge on any atom is 0.155 e. The molecule has 2 heteroatoms. The third kappa shape index (κ3) is 2.38. The Labute approximate surface area is 71.9 Å². The van der Waals surface area contributed by atoms with Crippen LogP contribution in [0.2, 0.25) is 0 Å². The summed E-state index contributed by atoms with van der Waals surface area (Å²) in [5.74, 6) is 1.81. The molecule has 0 atom stereocenters. The molecule has 1 aromatic heterocycles. The molecule has 0 aliphatic carbocycles. The van der Waals surface area contributed by atoms with Crippen LogP contribution in [-0.4, -0.2) is 5.78 Å². The number of aryl methyl sites for hydroxylation is 2. The molecule has 1 aromatic rings. The van der Waals surface area contributed by atoms with Crippen molar-refractivity contribution in [3.05, 3.63) is 36.3 Å². The van der Waals surface area contributed by atoms with Gasteiger partial charge >= 0.3 is 0 Å². The molecular formula is C10H12O2. The van der Waals surface area contributed by atoms with Crippen LogP contribution in [0.25, 0.3) is 0 Å². The van der Waals surface area contributed by atoms with Gasteiger partial charge in [-0.05, 0) is 25.1 Å². The molecule has 0 N–H and O–H groups in total. The smallest absolute Gasteiger partial charge is 0.155 e. The van der Waals surface area contributed by atoms with Gasteiger partial charge in [-0.25, -0.2) is 0 Å². The molecular weight excluding hydrogens is 152 g/mol. The van der Waals surface area contributed by atoms with Crippen LogP contribution in [0, 0.1) is 6.92 Å². The molecule has 0 fully saturated rings. The molecule has 2 nitrogen and oxygen atoms in total. The first kappa shape index (κ1) is 8.78. The van der Waals surface area contributed by atoms with Crippen molar-refractivity contribution in [3.63, 3.8) is 0 Å². The molecule has 0 aromatic carbocycles. The van der Waals surface area contributed by atoms with E-state index in [1.54, 1.807) is 0 Å². The number of furan rings is 1. The van der Waals surface area contributed by atoms with Crippen molar-refractivity contribution in [2.24, 2.45) is 0 Å². The summed E-state index contributed by atoms with van der Waals surface area (Å²) in [5, 5.41) is 0. The average Bonchev–Trinajstić information content (AvgIpc) is 2.47. The fraction of sp³-hybridized carbons (Fsp3) is 0.300. The van der Waals surface area contributed by atoms with Crippen LogP contribution in [0.3, 0.4) is 0 Å². The topological polar surface area (TPSA) is 30.2 Å². The van der Waals surface area contributed by atoms with Gasteiger partial charge in [0.2, 0.25) is 0 Å². The zero-order valence-electron chi connectivity index (χ0n) is 7.17. The van der Waals surface area contributed by atoms with Crippen molar-refractivity contribution >= 4 is 5.78 Å². The molecule has 0 aliphatic rings. The average molecular weight is 164 g/mol. The first-order chi connectivity index (χ1) is 5.72. The minimum atomic E-state index is 0.0593. The first-order valence-corrected chi connectivity index (χ1v) is 3.93. The largest absolute Gasteiger partial charge is 0.466 e. The van der Waals surface area contributed by atoms with Gasteiger partial charge in [-0.3, -0.25) is 4.79 Å². The molecule has 64 valence electrons. The minimum absolute atomic E-state index is 0.0593. The molecule has 0 saturated carbocycles. The second kappa shape index (κ2) is 3.90. The summed E-state index contributed by atoms with van der Waals surface area (Å²) < 4.78 is 5.29. The van der Waals surface area contributed by atoms with Crippen LogP contribution in [-0.2, 0) is 11.2 Å². The van der Waals surface area contributed by atoms with E-state index in [-0.39, 0.29) is 5.78 Å². The SMILES string of the molecule is C=CC(=O)CCc1ccc(C)o1. The standard InChI is InChI=1S/C10H12O2/c1-3-9(11)5-7-10-6-4-8(2)12-10/h3-4,6H,1,5,7H2,2H3. The van der Waals surface area contributed by atoms with Gasteiger partial charge in [-0.1, -0.05) is 6.58 Å². The first-order valence-electron chi connectivity index (χ1n) is 3.93. The number of hydrogen-bond donors (Lipinski definition) is 0. The summed E-state index contributed by atoms with van der Waals surface area (Å²) in [6, 6.07) is 3.79. The number of hydrogen-bond acceptors (Lipinski definition) is 2. The molecule has 1 heterocycles. The lowest BCUT2D eigenvalue weighted by Crippen LogP contribution is -1.93. The van der Waals surface area contributed by atoms with Crippen LogP contribution >= 0.6 is 0 Å². The quantitative estimate of drug-likeness (QED) is 0.639. The van der Waals surface area contributed by atoms with Gasteiger partial charge in [-0.2, -0.15) is 0 Å². The maximum atomic E-state index is 10.8. The summed E-state index contributed by atoms with van der Waals surface area (Å²) in [6.45, 7) is 5.29. The predicted molar refractivity (Wildman–Crippen MR) is 47.0 cm³/mol. The predicted octanol–water partition coefficient (Wildman–Crippen LogP) is 2.28. The van der Waals surface area contributed by atoms with Crippen LogP contribution < -0.4 is 0 Å². The van der Waals surface area contributed by atoms with Gasteiger partial charge in [0.1, 0.15) is 11.5 Å². The molecule has 0 aliphatic heterocycles. The van der Waals surface area contributed by atoms with Gasteiger partial charge in [0.25, 0.3) is 0 Å². The van der Waals surface area contributed by atoms with E-state index in [0.29, 0.717) is 12.8 Å². The molecule has 0 unspecified atom stereocenters. The normalized spacial score (nSPS) is 9.75. The lowest BCUT2D eigenvalue weighted by atomic mass is 10.2. The van der Waals surface area contributed by atoms with Crippen molar-refractivity contribution in [2.45, 2.75) is 19.8 Å². The highest BCUT2D eigenvalue weighted by atomic mass is 16.3. The van der Waals surface area contributed by atoms with E-state index in [1.165, 1.54) is 6.08 Å². The zero-order valence-corrected chi connectivity index (χ0v) is 7.17. The third-order valence-electron chi connectivity index (χ3n) is 1.64. The number of rotatable bonds is 4. The Hall–Kier alpha value is -1.31. The lowest BCUT2D eigenvalue weighted by molar-refractivity contribution is -0.114. The van der Waals surface area contributed by atoms with Gasteiger partial charge in [0.15, 0.2) is 5.78 Å². The number of carbonyl (C=O) groups excluding carboxylic acids is 1. The van der Waals surface area contributed by atoms with Crippen LogP contribution in [0.15, 0.2) is 29.2 Å². The highest BCUT2D eigenvalue weighted by Gasteiger charge is 2.00. The molecule has 1 rings (SSSR count). The van der Waals surface area contributed by atoms with Crippen molar-refractivity contribution in [1.82, 2.24) is 0 Å². The van der Waals surface area contributed by atoms with Gasteiger partial charge in [0, 0.05) is 12.8 Å². The van der Waals surface area contributed by atoms with E-state index < -0.39 is 0 Å². The summed E-state index contributed by atoms with van der Waals surface area (Å²) >= 11 is 0. The number of carbonyl (C=O) groups is 1. The van der Waals surface area contributed by atoms with Gasteiger partial charge in [0.05, 0.1) is 0 Å². The molecule has 0 saturated heterocycles. The van der Waals surface area contributed by atoms with E-state index in [1.807, 2.05) is 19.1 Å². The molecule has 12 heavy (non-hydrogen) atoms. The fourth-order valence-electron chi connectivity index (χ4n) is 0.968. The summed E-state index contributed by atoms with van der Waals surface area (Å²) in [5.41, 5.74) is 0. The molecule has 0 bridgehead atoms. The van der Waals surface area contributed by atoms with Crippen molar-refractivity contribution in [2.75, 3.05) is 0 Å². The Morgan fingerprint density at radius 1 is 1.67 bits per heavy atom. The van der Waals surface area contributed by atoms with E-state index in [2.05, 4.69) is 6.58 Å². The van der Waals surface area contributed by atoms with Gasteiger partial charge < -0.3 is 4.42 Å². The lowest BCUT2D eigenvalue weighted by Gasteiger charge is -1.92. The third-order valence-corrected chi connectivity index (χ3v) is 1.64. The summed E-state index contributed by atoms with van der Waals surface area (Å²) in [6.07, 6.45) is 2.49. The monoisotopic (exact) mass is 164 g/mol. The zero-order chi connectivity index (χ0) is 8.97. The molecule has 0 amide bonds. The van der Waals surface area contributed by atoms with Crippen molar-refractivity contribution in [1.29, 1.82) is 0 Å². The Balaban J connectivity index is 2.43. The summed E-state index contributed by atoms with van der Waals surface area (Å²) in [4.78, 5) is 10.8. The Morgan fingerprint density at radius 3 is 2.92 bits per heavy atom. The fourth-order valence-corrected chi connectivity index (χ4v) is 0.968. The van der Waals surface area contributed by atoms with Crippen molar-refractivity contribution in [3.8, 4) is 0 Å². The Kier molecular flexibility index (Phi) is 2.86. The van der Waals surface area contributed by atoms with E-state index in [9.17, 15) is 4.79 Å². The molecule has 0 radical (unpaired) electrons. The van der Waals surface area contributed by atoms with Crippen LogP contribution in [0.4, 0.5) is 0 Å². The van der Waals surface area contributed by atoms with Crippen LogP contribution in [0.1, 0.15) is 17.9 Å². The second-order valence-corrected chi connectivity index (χ2v) is 2.68.